The summed E-state index contributed by atoms with van der Waals surface area (Å²) in [4.78, 5) is 0. The molecule has 0 heterocycles. The van der Waals surface area contributed by atoms with Crippen LogP contribution in [-0.4, -0.2) is 0 Å². The Labute approximate surface area is 117 Å². The first-order valence-corrected chi connectivity index (χ1v) is 8.41. The van der Waals surface area contributed by atoms with Crippen molar-refractivity contribution in [3.05, 3.63) is 0 Å². The highest BCUT2D eigenvalue weighted by molar-refractivity contribution is 4.60. The zero-order chi connectivity index (χ0) is 14.0. The highest BCUT2D eigenvalue weighted by Gasteiger charge is 2.07. The molecule has 110 valence electrons. The SMILES string of the molecule is CC(C)CCCC(C)CCCC(C)CCC(C)C. The van der Waals surface area contributed by atoms with Crippen LogP contribution in [0.2, 0.25) is 0 Å². The average Bonchev–Trinajstić information content (AvgIpc) is 2.25. The molecule has 0 nitrogen and oxygen atoms in total. The molecule has 0 radical (unpaired) electrons. The van der Waals surface area contributed by atoms with Crippen LogP contribution >= 0.6 is 0 Å². The largest absolute Gasteiger partial charge is 0.0628 e. The first-order chi connectivity index (χ1) is 8.41. The van der Waals surface area contributed by atoms with Gasteiger partial charge in [0, 0.05) is 0 Å². The van der Waals surface area contributed by atoms with Gasteiger partial charge in [0.1, 0.15) is 0 Å². The van der Waals surface area contributed by atoms with Crippen molar-refractivity contribution in [1.82, 2.24) is 0 Å². The molecule has 0 aliphatic heterocycles. The Morgan fingerprint density at radius 1 is 0.444 bits per heavy atom. The van der Waals surface area contributed by atoms with Gasteiger partial charge in [0.05, 0.1) is 0 Å². The summed E-state index contributed by atoms with van der Waals surface area (Å²) in [6.45, 7) is 14.2. The van der Waals surface area contributed by atoms with Crippen LogP contribution in [0.3, 0.4) is 0 Å². The molecule has 0 amide bonds. The third-order valence-corrected chi connectivity index (χ3v) is 4.11. The third-order valence-electron chi connectivity index (χ3n) is 4.11. The zero-order valence-corrected chi connectivity index (χ0v) is 14.0. The predicted octanol–water partition coefficient (Wildman–Crippen LogP) is 6.69. The Bertz CT molecular complexity index is 169. The van der Waals surface area contributed by atoms with E-state index in [1.54, 1.807) is 0 Å². The van der Waals surface area contributed by atoms with E-state index in [0.29, 0.717) is 0 Å². The molecule has 0 bridgehead atoms. The topological polar surface area (TPSA) is 0 Å². The minimum Gasteiger partial charge on any atom is -0.0628 e. The first-order valence-electron chi connectivity index (χ1n) is 8.41. The highest BCUT2D eigenvalue weighted by atomic mass is 14.1. The maximum Gasteiger partial charge on any atom is -0.0443 e. The number of hydrogen-bond acceptors (Lipinski definition) is 0. The van der Waals surface area contributed by atoms with Crippen LogP contribution in [0.15, 0.2) is 0 Å². The van der Waals surface area contributed by atoms with Gasteiger partial charge in [-0.1, -0.05) is 92.9 Å². The molecule has 0 saturated carbocycles. The number of hydrogen-bond donors (Lipinski definition) is 0. The van der Waals surface area contributed by atoms with Crippen molar-refractivity contribution in [2.75, 3.05) is 0 Å². The Kier molecular flexibility index (Phi) is 10.9. The maximum atomic E-state index is 2.44. The van der Waals surface area contributed by atoms with Crippen LogP contribution in [-0.2, 0) is 0 Å². The summed E-state index contributed by atoms with van der Waals surface area (Å²) < 4.78 is 0. The molecule has 0 aromatic heterocycles. The molecule has 0 aliphatic carbocycles. The molecule has 0 saturated heterocycles. The lowest BCUT2D eigenvalue weighted by atomic mass is 9.91. The second-order valence-corrected chi connectivity index (χ2v) is 7.44. The van der Waals surface area contributed by atoms with Gasteiger partial charge in [-0.3, -0.25) is 0 Å². The van der Waals surface area contributed by atoms with Gasteiger partial charge < -0.3 is 0 Å². The van der Waals surface area contributed by atoms with Crippen molar-refractivity contribution in [3.63, 3.8) is 0 Å². The van der Waals surface area contributed by atoms with Gasteiger partial charge in [-0.15, -0.1) is 0 Å². The lowest BCUT2D eigenvalue weighted by molar-refractivity contribution is 0.376. The smallest absolute Gasteiger partial charge is 0.0443 e. The second-order valence-electron chi connectivity index (χ2n) is 7.44. The molecule has 0 aromatic rings. The van der Waals surface area contributed by atoms with Crippen LogP contribution in [0.4, 0.5) is 0 Å². The Morgan fingerprint density at radius 2 is 0.833 bits per heavy atom. The Balaban J connectivity index is 3.40. The maximum absolute atomic E-state index is 2.44. The van der Waals surface area contributed by atoms with Gasteiger partial charge in [0.2, 0.25) is 0 Å². The fourth-order valence-corrected chi connectivity index (χ4v) is 2.60. The van der Waals surface area contributed by atoms with Crippen molar-refractivity contribution >= 4 is 0 Å². The van der Waals surface area contributed by atoms with Gasteiger partial charge in [0.25, 0.3) is 0 Å². The lowest BCUT2D eigenvalue weighted by Gasteiger charge is -2.15. The predicted molar refractivity (Wildman–Crippen MR) is 84.9 cm³/mol. The molecule has 0 spiro atoms. The standard InChI is InChI=1S/C18H38/c1-15(2)9-7-10-17(5)11-8-12-18(6)14-13-16(3)4/h15-18H,7-14H2,1-6H3. The minimum atomic E-state index is 0.877. The van der Waals surface area contributed by atoms with E-state index in [2.05, 4.69) is 41.5 Å². The summed E-state index contributed by atoms with van der Waals surface area (Å²) in [5, 5.41) is 0. The molecule has 0 aliphatic rings. The van der Waals surface area contributed by atoms with E-state index in [-0.39, 0.29) is 0 Å². The molecule has 0 heteroatoms. The van der Waals surface area contributed by atoms with Crippen LogP contribution in [0.5, 0.6) is 0 Å². The van der Waals surface area contributed by atoms with E-state index in [4.69, 9.17) is 0 Å². The van der Waals surface area contributed by atoms with Gasteiger partial charge in [-0.05, 0) is 23.7 Å². The molecule has 18 heavy (non-hydrogen) atoms. The van der Waals surface area contributed by atoms with E-state index in [1.807, 2.05) is 0 Å². The molecule has 0 N–H and O–H groups in total. The first kappa shape index (κ1) is 18.0. The fraction of sp³-hybridized carbons (Fsp3) is 1.00. The summed E-state index contributed by atoms with van der Waals surface area (Å²) >= 11 is 0. The van der Waals surface area contributed by atoms with E-state index in [1.165, 1.54) is 51.4 Å². The summed E-state index contributed by atoms with van der Waals surface area (Å²) in [5.74, 6) is 3.65. The Hall–Kier alpha value is 0. The van der Waals surface area contributed by atoms with Gasteiger partial charge in [-0.25, -0.2) is 0 Å². The van der Waals surface area contributed by atoms with Crippen molar-refractivity contribution in [2.24, 2.45) is 23.7 Å². The molecule has 0 rings (SSSR count). The van der Waals surface area contributed by atoms with E-state index in [9.17, 15) is 0 Å². The van der Waals surface area contributed by atoms with Crippen LogP contribution in [0.1, 0.15) is 92.9 Å². The van der Waals surface area contributed by atoms with Crippen molar-refractivity contribution in [2.45, 2.75) is 92.9 Å². The van der Waals surface area contributed by atoms with Gasteiger partial charge in [-0.2, -0.15) is 0 Å². The van der Waals surface area contributed by atoms with Crippen LogP contribution in [0.25, 0.3) is 0 Å². The molecule has 2 atom stereocenters. The normalized spacial score (nSPS) is 15.3. The molecule has 0 fully saturated rings. The van der Waals surface area contributed by atoms with Crippen molar-refractivity contribution in [1.29, 1.82) is 0 Å². The molecule has 0 aromatic carbocycles. The van der Waals surface area contributed by atoms with E-state index in [0.717, 1.165) is 23.7 Å². The van der Waals surface area contributed by atoms with E-state index < -0.39 is 0 Å². The zero-order valence-electron chi connectivity index (χ0n) is 14.0. The molecular weight excluding hydrogens is 216 g/mol. The van der Waals surface area contributed by atoms with Crippen LogP contribution in [0, 0.1) is 23.7 Å². The third kappa shape index (κ3) is 12.5. The van der Waals surface area contributed by atoms with Crippen molar-refractivity contribution < 1.29 is 0 Å². The molecular formula is C18H38. The minimum absolute atomic E-state index is 0.877. The lowest BCUT2D eigenvalue weighted by Crippen LogP contribution is -2.01. The van der Waals surface area contributed by atoms with Crippen molar-refractivity contribution in [3.8, 4) is 0 Å². The summed E-state index contributed by atoms with van der Waals surface area (Å²) in [7, 11) is 0. The summed E-state index contributed by atoms with van der Waals surface area (Å²) in [5.41, 5.74) is 0. The summed E-state index contributed by atoms with van der Waals surface area (Å²) in [6, 6.07) is 0. The summed E-state index contributed by atoms with van der Waals surface area (Å²) in [6.07, 6.45) is 11.5. The molecule has 2 unspecified atom stereocenters. The monoisotopic (exact) mass is 254 g/mol. The van der Waals surface area contributed by atoms with Crippen LogP contribution < -0.4 is 0 Å². The van der Waals surface area contributed by atoms with E-state index >= 15 is 0 Å². The van der Waals surface area contributed by atoms with Gasteiger partial charge in [0.15, 0.2) is 0 Å². The second kappa shape index (κ2) is 10.9. The fourth-order valence-electron chi connectivity index (χ4n) is 2.60. The number of rotatable bonds is 11. The highest BCUT2D eigenvalue weighted by Crippen LogP contribution is 2.21. The average molecular weight is 255 g/mol. The van der Waals surface area contributed by atoms with Gasteiger partial charge >= 0.3 is 0 Å². The Morgan fingerprint density at radius 3 is 1.28 bits per heavy atom. The quantitative estimate of drug-likeness (QED) is 0.385.